The fourth-order valence-electron chi connectivity index (χ4n) is 0.742. The molecule has 1 heterocycles. The number of hydrogen-bond acceptors (Lipinski definition) is 2. The number of furan rings is 1. The lowest BCUT2D eigenvalue weighted by atomic mass is 10.3. The van der Waals surface area contributed by atoms with E-state index in [0.29, 0.717) is 10.2 Å². The van der Waals surface area contributed by atoms with Crippen LogP contribution in [0, 0.1) is 11.3 Å². The van der Waals surface area contributed by atoms with E-state index in [1.807, 2.05) is 18.2 Å². The number of halogens is 1. The van der Waals surface area contributed by atoms with Crippen molar-refractivity contribution in [2.45, 2.75) is 6.92 Å². The van der Waals surface area contributed by atoms with Crippen LogP contribution in [0.15, 0.2) is 38.9 Å². The molecule has 1 rings (SSSR count). The lowest BCUT2D eigenvalue weighted by Gasteiger charge is -1.82. The van der Waals surface area contributed by atoms with Crippen LogP contribution in [-0.4, -0.2) is 0 Å². The molecule has 0 unspecified atom stereocenters. The molecule has 0 saturated carbocycles. The number of hydrogen-bond donors (Lipinski definition) is 0. The van der Waals surface area contributed by atoms with Crippen LogP contribution in [0.1, 0.15) is 12.7 Å². The first-order valence-electron chi connectivity index (χ1n) is 3.73. The molecule has 0 fully saturated rings. The molecule has 0 amide bonds. The fourth-order valence-corrected chi connectivity index (χ4v) is 1.06. The Hall–Kier alpha value is -1.27. The van der Waals surface area contributed by atoms with Crippen molar-refractivity contribution in [3.8, 4) is 6.07 Å². The molecule has 0 spiro atoms. The second-order valence-corrected chi connectivity index (χ2v) is 3.24. The van der Waals surface area contributed by atoms with Gasteiger partial charge in [-0.3, -0.25) is 0 Å². The van der Waals surface area contributed by atoms with Gasteiger partial charge < -0.3 is 4.42 Å². The number of nitriles is 1. The van der Waals surface area contributed by atoms with Crippen LogP contribution in [0.5, 0.6) is 0 Å². The quantitative estimate of drug-likeness (QED) is 0.583. The van der Waals surface area contributed by atoms with Gasteiger partial charge in [0.1, 0.15) is 5.76 Å². The summed E-state index contributed by atoms with van der Waals surface area (Å²) >= 11 is 3.20. The third-order valence-electron chi connectivity index (χ3n) is 1.38. The van der Waals surface area contributed by atoms with Crippen molar-refractivity contribution >= 4 is 22.0 Å². The van der Waals surface area contributed by atoms with Crippen LogP contribution < -0.4 is 0 Å². The molecule has 13 heavy (non-hydrogen) atoms. The van der Waals surface area contributed by atoms with Gasteiger partial charge >= 0.3 is 0 Å². The predicted molar refractivity (Wildman–Crippen MR) is 54.8 cm³/mol. The molecule has 0 N–H and O–H groups in total. The number of rotatable bonds is 2. The molecule has 0 aliphatic rings. The molecule has 3 heteroatoms. The van der Waals surface area contributed by atoms with E-state index in [9.17, 15) is 0 Å². The zero-order chi connectivity index (χ0) is 9.68. The highest BCUT2D eigenvalue weighted by atomic mass is 79.9. The minimum atomic E-state index is 0.668. The van der Waals surface area contributed by atoms with Crippen molar-refractivity contribution in [3.05, 3.63) is 40.3 Å². The summed E-state index contributed by atoms with van der Waals surface area (Å²) in [5.74, 6) is 0.758. The molecule has 0 bridgehead atoms. The first kappa shape index (κ1) is 9.82. The molecule has 0 radical (unpaired) electrons. The maximum absolute atomic E-state index is 8.45. The van der Waals surface area contributed by atoms with Crippen molar-refractivity contribution in [2.75, 3.05) is 0 Å². The zero-order valence-corrected chi connectivity index (χ0v) is 8.71. The van der Waals surface area contributed by atoms with Gasteiger partial charge in [-0.25, -0.2) is 0 Å². The van der Waals surface area contributed by atoms with Gasteiger partial charge in [0.25, 0.3) is 0 Å². The molecule has 0 aliphatic heterocycles. The molecule has 1 aromatic heterocycles. The molecule has 1 aromatic rings. The van der Waals surface area contributed by atoms with E-state index in [1.165, 1.54) is 0 Å². The Morgan fingerprint density at radius 1 is 1.62 bits per heavy atom. The number of allylic oxidation sites excluding steroid dienone is 3. The van der Waals surface area contributed by atoms with Crippen molar-refractivity contribution in [1.29, 1.82) is 5.26 Å². The largest absolute Gasteiger partial charge is 0.450 e. The Bertz CT molecular complexity index is 382. The van der Waals surface area contributed by atoms with Crippen LogP contribution in [0.25, 0.3) is 6.08 Å². The van der Waals surface area contributed by atoms with Crippen LogP contribution in [-0.2, 0) is 0 Å². The van der Waals surface area contributed by atoms with Crippen LogP contribution in [0.2, 0.25) is 0 Å². The summed E-state index contributed by atoms with van der Waals surface area (Å²) in [5.41, 5.74) is 0.668. The van der Waals surface area contributed by atoms with Gasteiger partial charge in [-0.05, 0) is 47.1 Å². The molecular weight excluding hydrogens is 230 g/mol. The highest BCUT2D eigenvalue weighted by Gasteiger charge is 1.92. The van der Waals surface area contributed by atoms with Crippen molar-refractivity contribution in [1.82, 2.24) is 0 Å². The van der Waals surface area contributed by atoms with Crippen molar-refractivity contribution < 1.29 is 4.42 Å². The minimum Gasteiger partial charge on any atom is -0.450 e. The highest BCUT2D eigenvalue weighted by molar-refractivity contribution is 9.10. The second kappa shape index (κ2) is 4.68. The molecule has 0 atom stereocenters. The topological polar surface area (TPSA) is 36.9 Å². The second-order valence-electron chi connectivity index (χ2n) is 2.46. The Kier molecular flexibility index (Phi) is 3.53. The van der Waals surface area contributed by atoms with Crippen molar-refractivity contribution in [2.24, 2.45) is 0 Å². The maximum Gasteiger partial charge on any atom is 0.169 e. The Balaban J connectivity index is 2.66. The molecule has 66 valence electrons. The first-order valence-corrected chi connectivity index (χ1v) is 4.52. The van der Waals surface area contributed by atoms with E-state index in [0.717, 1.165) is 5.76 Å². The summed E-state index contributed by atoms with van der Waals surface area (Å²) in [6, 6.07) is 5.69. The SMILES string of the molecule is C/C(C#N)=C/C=C/c1ccc(Br)o1. The summed E-state index contributed by atoms with van der Waals surface area (Å²) in [6.07, 6.45) is 5.31. The summed E-state index contributed by atoms with van der Waals surface area (Å²) < 4.78 is 5.92. The van der Waals surface area contributed by atoms with Crippen LogP contribution >= 0.6 is 15.9 Å². The van der Waals surface area contributed by atoms with Gasteiger partial charge in [0.15, 0.2) is 4.67 Å². The van der Waals surface area contributed by atoms with E-state index in [4.69, 9.17) is 9.68 Å². The van der Waals surface area contributed by atoms with E-state index in [2.05, 4.69) is 15.9 Å². The summed E-state index contributed by atoms with van der Waals surface area (Å²) in [7, 11) is 0. The Morgan fingerprint density at radius 3 is 2.92 bits per heavy atom. The van der Waals surface area contributed by atoms with Gasteiger partial charge in [-0.2, -0.15) is 5.26 Å². The lowest BCUT2D eigenvalue weighted by molar-refractivity contribution is 0.531. The van der Waals surface area contributed by atoms with Crippen LogP contribution in [0.4, 0.5) is 0 Å². The Morgan fingerprint density at radius 2 is 2.38 bits per heavy atom. The van der Waals surface area contributed by atoms with Gasteiger partial charge in [-0.15, -0.1) is 0 Å². The summed E-state index contributed by atoms with van der Waals surface area (Å²) in [5, 5.41) is 8.45. The standard InChI is InChI=1S/C10H8BrNO/c1-8(7-12)3-2-4-9-5-6-10(11)13-9/h2-6H,1H3/b4-2+,8-3-. The fraction of sp³-hybridized carbons (Fsp3) is 0.100. The van der Waals surface area contributed by atoms with E-state index in [-0.39, 0.29) is 0 Å². The zero-order valence-electron chi connectivity index (χ0n) is 7.12. The third-order valence-corrected chi connectivity index (χ3v) is 1.80. The maximum atomic E-state index is 8.45. The van der Waals surface area contributed by atoms with E-state index >= 15 is 0 Å². The predicted octanol–water partition coefficient (Wildman–Crippen LogP) is 3.53. The summed E-state index contributed by atoms with van der Waals surface area (Å²) in [4.78, 5) is 0. The first-order chi connectivity index (χ1) is 6.22. The normalized spacial score (nSPS) is 11.9. The van der Waals surface area contributed by atoms with E-state index < -0.39 is 0 Å². The van der Waals surface area contributed by atoms with Crippen molar-refractivity contribution in [3.63, 3.8) is 0 Å². The lowest BCUT2D eigenvalue weighted by Crippen LogP contribution is -1.64. The third kappa shape index (κ3) is 3.30. The average Bonchev–Trinajstić information content (AvgIpc) is 2.51. The monoisotopic (exact) mass is 237 g/mol. The molecule has 0 saturated heterocycles. The number of nitrogens with zero attached hydrogens (tertiary/aromatic N) is 1. The molecule has 2 nitrogen and oxygen atoms in total. The molecule has 0 aliphatic carbocycles. The molecular formula is C10H8BrNO. The summed E-state index contributed by atoms with van der Waals surface area (Å²) in [6.45, 7) is 1.75. The van der Waals surface area contributed by atoms with Gasteiger partial charge in [0, 0.05) is 5.57 Å². The van der Waals surface area contributed by atoms with Gasteiger partial charge in [-0.1, -0.05) is 6.08 Å². The Labute approximate surface area is 85.3 Å². The molecule has 0 aromatic carbocycles. The van der Waals surface area contributed by atoms with E-state index in [1.54, 1.807) is 25.2 Å². The average molecular weight is 238 g/mol. The minimum absolute atomic E-state index is 0.668. The highest BCUT2D eigenvalue weighted by Crippen LogP contribution is 2.15. The smallest absolute Gasteiger partial charge is 0.169 e. The van der Waals surface area contributed by atoms with Gasteiger partial charge in [0.2, 0.25) is 0 Å². The van der Waals surface area contributed by atoms with Gasteiger partial charge in [0.05, 0.1) is 6.07 Å². The van der Waals surface area contributed by atoms with Crippen LogP contribution in [0.3, 0.4) is 0 Å².